The average molecular weight is 393 g/mol. The number of hydrogen-bond acceptors (Lipinski definition) is 4. The summed E-state index contributed by atoms with van der Waals surface area (Å²) in [4.78, 5) is 28.3. The Bertz CT molecular complexity index is 1020. The number of amides is 1. The second-order valence-corrected chi connectivity index (χ2v) is 6.34. The van der Waals surface area contributed by atoms with Gasteiger partial charge in [-0.2, -0.15) is 0 Å². The maximum Gasteiger partial charge on any atom is 0.337 e. The van der Waals surface area contributed by atoms with E-state index in [0.29, 0.717) is 17.0 Å². The number of esters is 1. The van der Waals surface area contributed by atoms with Gasteiger partial charge in [-0.05, 0) is 41.5 Å². The van der Waals surface area contributed by atoms with E-state index in [-0.39, 0.29) is 11.7 Å². The number of nitrogens with zero attached hydrogens (tertiary/aromatic N) is 2. The van der Waals surface area contributed by atoms with Crippen molar-refractivity contribution < 1.29 is 18.7 Å². The van der Waals surface area contributed by atoms with Crippen molar-refractivity contribution in [2.75, 3.05) is 7.11 Å². The second-order valence-electron chi connectivity index (χ2n) is 6.34. The molecule has 0 aliphatic carbocycles. The van der Waals surface area contributed by atoms with E-state index in [0.717, 1.165) is 5.56 Å². The van der Waals surface area contributed by atoms with Gasteiger partial charge in [-0.3, -0.25) is 4.79 Å². The van der Waals surface area contributed by atoms with Gasteiger partial charge in [0.05, 0.1) is 12.7 Å². The van der Waals surface area contributed by atoms with E-state index < -0.39 is 12.0 Å². The summed E-state index contributed by atoms with van der Waals surface area (Å²) in [5.74, 6) is -0.482. The first-order chi connectivity index (χ1) is 14.0. The van der Waals surface area contributed by atoms with E-state index in [1.807, 2.05) is 7.05 Å². The predicted octanol–water partition coefficient (Wildman–Crippen LogP) is 3.26. The molecule has 0 saturated heterocycles. The summed E-state index contributed by atoms with van der Waals surface area (Å²) in [6, 6.07) is 12.1. The minimum atomic E-state index is -0.533. The Balaban J connectivity index is 1.76. The molecule has 0 spiro atoms. The molecular formula is C22H20FN3O3. The number of rotatable bonds is 6. The summed E-state index contributed by atoms with van der Waals surface area (Å²) in [7, 11) is 3.14. The molecule has 0 saturated carbocycles. The zero-order chi connectivity index (χ0) is 20.8. The van der Waals surface area contributed by atoms with E-state index in [2.05, 4.69) is 15.0 Å². The standard InChI is InChI=1S/C22H20FN3O3/c1-26-14-13-24-21(26)20(16-8-10-18(23)11-9-16)25-19(27)12-5-15-3-6-17(7-4-15)22(28)29-2/h3-14,20H,1-2H3,(H,25,27)/b12-5+. The number of methoxy groups -OCH3 is 1. The summed E-state index contributed by atoms with van der Waals surface area (Å²) in [6.07, 6.45) is 6.44. The molecule has 0 fully saturated rings. The van der Waals surface area contributed by atoms with Gasteiger partial charge < -0.3 is 14.6 Å². The van der Waals surface area contributed by atoms with Crippen molar-refractivity contribution in [3.05, 3.63) is 95.3 Å². The molecule has 1 aromatic heterocycles. The van der Waals surface area contributed by atoms with Gasteiger partial charge in [-0.15, -0.1) is 0 Å². The van der Waals surface area contributed by atoms with Crippen LogP contribution in [0, 0.1) is 5.82 Å². The van der Waals surface area contributed by atoms with Crippen LogP contribution in [0.5, 0.6) is 0 Å². The number of imidazole rings is 1. The van der Waals surface area contributed by atoms with Gasteiger partial charge in [-0.25, -0.2) is 14.2 Å². The van der Waals surface area contributed by atoms with E-state index >= 15 is 0 Å². The van der Waals surface area contributed by atoms with Gasteiger partial charge in [0.2, 0.25) is 5.91 Å². The number of carbonyl (C=O) groups excluding carboxylic acids is 2. The SMILES string of the molecule is COC(=O)c1ccc(/C=C/C(=O)NC(c2ccc(F)cc2)c2nccn2C)cc1. The van der Waals surface area contributed by atoms with Crippen molar-refractivity contribution in [3.63, 3.8) is 0 Å². The molecule has 6 nitrogen and oxygen atoms in total. The summed E-state index contributed by atoms with van der Waals surface area (Å²) in [5, 5.41) is 2.90. The minimum Gasteiger partial charge on any atom is -0.465 e. The molecule has 0 bridgehead atoms. The van der Waals surface area contributed by atoms with Crippen LogP contribution >= 0.6 is 0 Å². The molecule has 3 rings (SSSR count). The Labute approximate surface area is 167 Å². The number of halogens is 1. The Morgan fingerprint density at radius 3 is 2.41 bits per heavy atom. The van der Waals surface area contributed by atoms with Crippen LogP contribution in [-0.4, -0.2) is 28.5 Å². The highest BCUT2D eigenvalue weighted by Gasteiger charge is 2.19. The molecule has 1 heterocycles. The van der Waals surface area contributed by atoms with Crippen LogP contribution < -0.4 is 5.32 Å². The number of aromatic nitrogens is 2. The number of hydrogen-bond donors (Lipinski definition) is 1. The third-order valence-corrected chi connectivity index (χ3v) is 4.37. The lowest BCUT2D eigenvalue weighted by Gasteiger charge is -2.18. The van der Waals surface area contributed by atoms with Gasteiger partial charge >= 0.3 is 5.97 Å². The van der Waals surface area contributed by atoms with Crippen LogP contribution in [0.2, 0.25) is 0 Å². The van der Waals surface area contributed by atoms with Crippen molar-refractivity contribution in [1.29, 1.82) is 0 Å². The van der Waals surface area contributed by atoms with Crippen molar-refractivity contribution in [2.24, 2.45) is 7.05 Å². The van der Waals surface area contributed by atoms with Crippen LogP contribution in [0.15, 0.2) is 67.0 Å². The van der Waals surface area contributed by atoms with Crippen molar-refractivity contribution in [1.82, 2.24) is 14.9 Å². The number of aryl methyl sites for hydroxylation is 1. The molecule has 148 valence electrons. The van der Waals surface area contributed by atoms with Crippen LogP contribution in [0.1, 0.15) is 33.4 Å². The third-order valence-electron chi connectivity index (χ3n) is 4.37. The highest BCUT2D eigenvalue weighted by molar-refractivity contribution is 5.93. The molecule has 7 heteroatoms. The Kier molecular flexibility index (Phi) is 6.19. The largest absolute Gasteiger partial charge is 0.465 e. The molecule has 2 aromatic carbocycles. The van der Waals surface area contributed by atoms with Gasteiger partial charge in [0.25, 0.3) is 0 Å². The highest BCUT2D eigenvalue weighted by Crippen LogP contribution is 2.21. The molecular weight excluding hydrogens is 373 g/mol. The van der Waals surface area contributed by atoms with Gasteiger partial charge in [0.1, 0.15) is 17.7 Å². The fraction of sp³-hybridized carbons (Fsp3) is 0.136. The first-order valence-corrected chi connectivity index (χ1v) is 8.87. The number of nitrogens with one attached hydrogen (secondary N) is 1. The maximum absolute atomic E-state index is 13.3. The molecule has 1 atom stereocenters. The van der Waals surface area contributed by atoms with E-state index in [1.165, 1.54) is 25.3 Å². The van der Waals surface area contributed by atoms with Crippen LogP contribution in [0.4, 0.5) is 4.39 Å². The lowest BCUT2D eigenvalue weighted by molar-refractivity contribution is -0.117. The number of carbonyl (C=O) groups is 2. The average Bonchev–Trinajstić information content (AvgIpc) is 3.16. The van der Waals surface area contributed by atoms with Crippen molar-refractivity contribution >= 4 is 18.0 Å². The van der Waals surface area contributed by atoms with Crippen molar-refractivity contribution in [2.45, 2.75) is 6.04 Å². The van der Waals surface area contributed by atoms with Crippen LogP contribution in [0.25, 0.3) is 6.08 Å². The summed E-state index contributed by atoms with van der Waals surface area (Å²) in [5.41, 5.74) is 1.90. The smallest absolute Gasteiger partial charge is 0.337 e. The molecule has 0 aliphatic heterocycles. The molecule has 1 N–H and O–H groups in total. The van der Waals surface area contributed by atoms with E-state index in [1.54, 1.807) is 59.4 Å². The molecule has 1 unspecified atom stereocenters. The normalized spacial score (nSPS) is 12.0. The lowest BCUT2D eigenvalue weighted by atomic mass is 10.1. The predicted molar refractivity (Wildman–Crippen MR) is 106 cm³/mol. The second kappa shape index (κ2) is 8.97. The summed E-state index contributed by atoms with van der Waals surface area (Å²) >= 11 is 0. The topological polar surface area (TPSA) is 73.2 Å². The van der Waals surface area contributed by atoms with Gasteiger partial charge in [-0.1, -0.05) is 24.3 Å². The molecule has 0 radical (unpaired) electrons. The maximum atomic E-state index is 13.3. The number of benzene rings is 2. The zero-order valence-electron chi connectivity index (χ0n) is 16.0. The van der Waals surface area contributed by atoms with Crippen molar-refractivity contribution in [3.8, 4) is 0 Å². The Morgan fingerprint density at radius 2 is 1.83 bits per heavy atom. The van der Waals surface area contributed by atoms with Gasteiger partial charge in [0.15, 0.2) is 0 Å². The fourth-order valence-corrected chi connectivity index (χ4v) is 2.82. The van der Waals surface area contributed by atoms with Crippen LogP contribution in [-0.2, 0) is 16.6 Å². The zero-order valence-corrected chi connectivity index (χ0v) is 16.0. The highest BCUT2D eigenvalue weighted by atomic mass is 19.1. The Hall–Kier alpha value is -3.74. The quantitative estimate of drug-likeness (QED) is 0.515. The summed E-state index contributed by atoms with van der Waals surface area (Å²) in [6.45, 7) is 0. The first-order valence-electron chi connectivity index (χ1n) is 8.87. The number of ether oxygens (including phenoxy) is 1. The minimum absolute atomic E-state index is 0.334. The Morgan fingerprint density at radius 1 is 1.14 bits per heavy atom. The molecule has 29 heavy (non-hydrogen) atoms. The fourth-order valence-electron chi connectivity index (χ4n) is 2.82. The van der Waals surface area contributed by atoms with Gasteiger partial charge in [0, 0.05) is 25.5 Å². The molecule has 3 aromatic rings. The third kappa shape index (κ3) is 4.95. The van der Waals surface area contributed by atoms with E-state index in [4.69, 9.17) is 0 Å². The molecule has 0 aliphatic rings. The summed E-state index contributed by atoms with van der Waals surface area (Å²) < 4.78 is 19.8. The lowest BCUT2D eigenvalue weighted by Crippen LogP contribution is -2.29. The first kappa shape index (κ1) is 20.0. The van der Waals surface area contributed by atoms with Crippen LogP contribution in [0.3, 0.4) is 0 Å². The molecule has 1 amide bonds. The monoisotopic (exact) mass is 393 g/mol. The van der Waals surface area contributed by atoms with E-state index in [9.17, 15) is 14.0 Å².